The Hall–Kier alpha value is -1.77. The van der Waals surface area contributed by atoms with Crippen molar-refractivity contribution in [3.63, 3.8) is 0 Å². The van der Waals surface area contributed by atoms with Gasteiger partial charge in [-0.3, -0.25) is 4.57 Å². The van der Waals surface area contributed by atoms with E-state index >= 15 is 0 Å². The van der Waals surface area contributed by atoms with Crippen LogP contribution in [0, 0.1) is 12.3 Å². The summed E-state index contributed by atoms with van der Waals surface area (Å²) in [6, 6.07) is 10.3. The van der Waals surface area contributed by atoms with Crippen molar-refractivity contribution in [2.24, 2.45) is 5.41 Å². The van der Waals surface area contributed by atoms with Gasteiger partial charge in [-0.05, 0) is 30.9 Å². The van der Waals surface area contributed by atoms with E-state index in [2.05, 4.69) is 54.0 Å². The van der Waals surface area contributed by atoms with Crippen LogP contribution in [-0.4, -0.2) is 16.1 Å². The van der Waals surface area contributed by atoms with Gasteiger partial charge in [-0.1, -0.05) is 39.0 Å². The van der Waals surface area contributed by atoms with Crippen molar-refractivity contribution in [3.05, 3.63) is 42.2 Å². The van der Waals surface area contributed by atoms with Crippen molar-refractivity contribution in [2.45, 2.75) is 34.1 Å². The molecule has 0 radical (unpaired) electrons. The summed E-state index contributed by atoms with van der Waals surface area (Å²) in [6.07, 6.45) is 3.21. The lowest BCUT2D eigenvalue weighted by atomic mass is 9.90. The second kappa shape index (κ2) is 5.47. The summed E-state index contributed by atoms with van der Waals surface area (Å²) in [5.74, 6) is 0.922. The number of nitrogens with one attached hydrogen (secondary N) is 1. The molecule has 0 aliphatic carbocycles. The number of hydrogen-bond donors (Lipinski definition) is 1. The third-order valence-corrected chi connectivity index (χ3v) is 3.54. The molecule has 102 valence electrons. The maximum atomic E-state index is 4.58. The van der Waals surface area contributed by atoms with Gasteiger partial charge >= 0.3 is 0 Å². The topological polar surface area (TPSA) is 29.9 Å². The maximum Gasteiger partial charge on any atom is 0.207 e. The lowest BCUT2D eigenvalue weighted by molar-refractivity contribution is 0.376. The lowest BCUT2D eigenvalue weighted by Crippen LogP contribution is -2.23. The van der Waals surface area contributed by atoms with Crippen LogP contribution in [0.15, 0.2) is 36.5 Å². The van der Waals surface area contributed by atoms with Crippen LogP contribution in [0.5, 0.6) is 0 Å². The zero-order chi connectivity index (χ0) is 13.9. The Balaban J connectivity index is 2.22. The number of imidazole rings is 1. The van der Waals surface area contributed by atoms with Gasteiger partial charge in [0.1, 0.15) is 0 Å². The van der Waals surface area contributed by atoms with Crippen LogP contribution in [0.4, 0.5) is 5.95 Å². The SMILES string of the molecule is CCC(C)(C)CNc1nc(C)cn1-c1ccccc1. The third kappa shape index (κ3) is 3.37. The zero-order valence-electron chi connectivity index (χ0n) is 12.3. The summed E-state index contributed by atoms with van der Waals surface area (Å²) >= 11 is 0. The first-order chi connectivity index (χ1) is 9.02. The molecule has 0 aliphatic rings. The first kappa shape index (κ1) is 13.7. The van der Waals surface area contributed by atoms with Gasteiger partial charge in [-0.25, -0.2) is 4.98 Å². The summed E-state index contributed by atoms with van der Waals surface area (Å²) in [7, 11) is 0. The minimum Gasteiger partial charge on any atom is -0.355 e. The number of aryl methyl sites for hydroxylation is 1. The zero-order valence-corrected chi connectivity index (χ0v) is 12.3. The summed E-state index contributed by atoms with van der Waals surface area (Å²) < 4.78 is 2.11. The predicted octanol–water partition coefficient (Wildman–Crippen LogP) is 4.03. The normalized spacial score (nSPS) is 11.6. The van der Waals surface area contributed by atoms with Crippen LogP contribution in [0.25, 0.3) is 5.69 Å². The van der Waals surface area contributed by atoms with Gasteiger partial charge in [0, 0.05) is 18.4 Å². The van der Waals surface area contributed by atoms with Crippen molar-refractivity contribution in [1.82, 2.24) is 9.55 Å². The van der Waals surface area contributed by atoms with E-state index in [0.717, 1.165) is 30.3 Å². The standard InChI is InChI=1S/C16H23N3/c1-5-16(3,4)12-17-15-18-13(2)11-19(15)14-9-7-6-8-10-14/h6-11H,5,12H2,1-4H3,(H,17,18). The highest BCUT2D eigenvalue weighted by atomic mass is 15.2. The van der Waals surface area contributed by atoms with E-state index in [-0.39, 0.29) is 5.41 Å². The summed E-state index contributed by atoms with van der Waals surface area (Å²) in [5.41, 5.74) is 2.45. The lowest BCUT2D eigenvalue weighted by Gasteiger charge is -2.23. The van der Waals surface area contributed by atoms with E-state index in [1.165, 1.54) is 0 Å². The van der Waals surface area contributed by atoms with Crippen molar-refractivity contribution < 1.29 is 0 Å². The Labute approximate surface area is 115 Å². The molecule has 0 fully saturated rings. The summed E-state index contributed by atoms with van der Waals surface area (Å²) in [6.45, 7) is 9.70. The highest BCUT2D eigenvalue weighted by Gasteiger charge is 2.16. The molecule has 1 aromatic carbocycles. The highest BCUT2D eigenvalue weighted by molar-refractivity contribution is 5.43. The molecule has 1 N–H and O–H groups in total. The average molecular weight is 257 g/mol. The van der Waals surface area contributed by atoms with Gasteiger partial charge in [-0.15, -0.1) is 0 Å². The van der Waals surface area contributed by atoms with Gasteiger partial charge in [0.2, 0.25) is 5.95 Å². The maximum absolute atomic E-state index is 4.58. The fourth-order valence-electron chi connectivity index (χ4n) is 1.85. The van der Waals surface area contributed by atoms with Crippen LogP contribution in [0.1, 0.15) is 32.9 Å². The van der Waals surface area contributed by atoms with Crippen LogP contribution in [0.2, 0.25) is 0 Å². The molecule has 0 unspecified atom stereocenters. The third-order valence-electron chi connectivity index (χ3n) is 3.54. The van der Waals surface area contributed by atoms with E-state index in [1.807, 2.05) is 25.1 Å². The van der Waals surface area contributed by atoms with E-state index in [0.29, 0.717) is 0 Å². The molecule has 0 bridgehead atoms. The summed E-state index contributed by atoms with van der Waals surface area (Å²) in [5, 5.41) is 3.48. The van der Waals surface area contributed by atoms with Gasteiger partial charge in [0.05, 0.1) is 5.69 Å². The Morgan fingerprint density at radius 3 is 2.53 bits per heavy atom. The first-order valence-corrected chi connectivity index (χ1v) is 6.87. The number of aromatic nitrogens is 2. The van der Waals surface area contributed by atoms with Gasteiger partial charge < -0.3 is 5.32 Å². The Bertz CT molecular complexity index is 526. The van der Waals surface area contributed by atoms with Gasteiger partial charge in [0.15, 0.2) is 0 Å². The number of hydrogen-bond acceptors (Lipinski definition) is 2. The Kier molecular flexibility index (Phi) is 3.93. The van der Waals surface area contributed by atoms with Crippen molar-refractivity contribution >= 4 is 5.95 Å². The monoisotopic (exact) mass is 257 g/mol. The van der Waals surface area contributed by atoms with Crippen molar-refractivity contribution in [1.29, 1.82) is 0 Å². The molecule has 0 amide bonds. The molecular weight excluding hydrogens is 234 g/mol. The van der Waals surface area contributed by atoms with Crippen LogP contribution in [0.3, 0.4) is 0 Å². The second-order valence-corrected chi connectivity index (χ2v) is 5.78. The van der Waals surface area contributed by atoms with Crippen LogP contribution < -0.4 is 5.32 Å². The van der Waals surface area contributed by atoms with Crippen LogP contribution >= 0.6 is 0 Å². The molecule has 3 heteroatoms. The second-order valence-electron chi connectivity index (χ2n) is 5.78. The van der Waals surface area contributed by atoms with E-state index in [9.17, 15) is 0 Å². The van der Waals surface area contributed by atoms with E-state index in [4.69, 9.17) is 0 Å². The Morgan fingerprint density at radius 1 is 1.21 bits per heavy atom. The molecule has 19 heavy (non-hydrogen) atoms. The molecule has 2 aromatic rings. The molecule has 3 nitrogen and oxygen atoms in total. The number of anilines is 1. The molecule has 0 saturated carbocycles. The van der Waals surface area contributed by atoms with Gasteiger partial charge in [0.25, 0.3) is 0 Å². The molecule has 1 heterocycles. The first-order valence-electron chi connectivity index (χ1n) is 6.87. The largest absolute Gasteiger partial charge is 0.355 e. The fourth-order valence-corrected chi connectivity index (χ4v) is 1.85. The minimum atomic E-state index is 0.279. The fraction of sp³-hybridized carbons (Fsp3) is 0.438. The minimum absolute atomic E-state index is 0.279. The van der Waals surface area contributed by atoms with E-state index < -0.39 is 0 Å². The molecule has 1 aromatic heterocycles. The van der Waals surface area contributed by atoms with E-state index in [1.54, 1.807) is 0 Å². The molecule has 0 saturated heterocycles. The van der Waals surface area contributed by atoms with Crippen LogP contribution in [-0.2, 0) is 0 Å². The number of para-hydroxylation sites is 1. The molecule has 2 rings (SSSR count). The number of benzene rings is 1. The molecule has 0 spiro atoms. The van der Waals surface area contributed by atoms with Gasteiger partial charge in [-0.2, -0.15) is 0 Å². The van der Waals surface area contributed by atoms with Crippen molar-refractivity contribution in [2.75, 3.05) is 11.9 Å². The average Bonchev–Trinajstić information content (AvgIpc) is 2.79. The quantitative estimate of drug-likeness (QED) is 0.876. The van der Waals surface area contributed by atoms with Crippen molar-refractivity contribution in [3.8, 4) is 5.69 Å². The molecule has 0 aliphatic heterocycles. The number of nitrogens with zero attached hydrogens (tertiary/aromatic N) is 2. The summed E-state index contributed by atoms with van der Waals surface area (Å²) in [4.78, 5) is 4.58. The highest BCUT2D eigenvalue weighted by Crippen LogP contribution is 2.22. The predicted molar refractivity (Wildman–Crippen MR) is 80.9 cm³/mol. The Morgan fingerprint density at radius 2 is 1.89 bits per heavy atom. The number of rotatable bonds is 5. The molecule has 0 atom stereocenters. The smallest absolute Gasteiger partial charge is 0.207 e. The molecular formula is C16H23N3.